The normalized spacial score (nSPS) is 13.8. The zero-order chi connectivity index (χ0) is 17.2. The molecule has 1 rings (SSSR count). The molecule has 1 N–H and O–H groups in total. The lowest BCUT2D eigenvalue weighted by atomic mass is 9.97. The lowest BCUT2D eigenvalue weighted by Crippen LogP contribution is -2.14. The molecule has 0 amide bonds. The number of ether oxygens (including phenoxy) is 1. The number of unbranched alkanes of at least 4 members (excludes halogenated alkanes) is 1. The fraction of sp³-hybridized carbons (Fsp3) is 0.588. The number of carbonyl (C=O) groups is 1. The predicted molar refractivity (Wildman–Crippen MR) is 90.8 cm³/mol. The second-order valence-electron chi connectivity index (χ2n) is 6.05. The van der Waals surface area contributed by atoms with Gasteiger partial charge in [0.05, 0.1) is 19.1 Å². The second kappa shape index (κ2) is 10.6. The van der Waals surface area contributed by atoms with Gasteiger partial charge in [0, 0.05) is 0 Å². The number of rotatable bonds is 10. The maximum Gasteiger partial charge on any atom is 0.316 e. The van der Waals surface area contributed by atoms with Crippen LogP contribution >= 0.6 is 8.25 Å². The number of esters is 1. The molecule has 0 saturated heterocycles. The molecule has 1 aromatic rings. The molecule has 0 spiro atoms. The smallest absolute Gasteiger partial charge is 0.316 e. The first-order chi connectivity index (χ1) is 10.9. The van der Waals surface area contributed by atoms with Crippen molar-refractivity contribution in [3.63, 3.8) is 0 Å². The van der Waals surface area contributed by atoms with Crippen LogP contribution in [-0.2, 0) is 25.0 Å². The molecule has 1 aromatic carbocycles. The van der Waals surface area contributed by atoms with Crippen LogP contribution in [0.4, 0.5) is 0 Å². The molecule has 0 saturated carbocycles. The van der Waals surface area contributed by atoms with Crippen LogP contribution in [-0.4, -0.2) is 24.1 Å². The van der Waals surface area contributed by atoms with Crippen LogP contribution in [0.15, 0.2) is 24.3 Å². The fourth-order valence-corrected chi connectivity index (χ4v) is 2.53. The van der Waals surface area contributed by atoms with Gasteiger partial charge >= 0.3 is 14.2 Å². The highest BCUT2D eigenvalue weighted by Crippen LogP contribution is 2.19. The van der Waals surface area contributed by atoms with Crippen molar-refractivity contribution in [2.75, 3.05) is 13.2 Å². The Morgan fingerprint density at radius 2 is 1.74 bits per heavy atom. The molecule has 2 unspecified atom stereocenters. The largest absolute Gasteiger partial charge is 0.465 e. The van der Waals surface area contributed by atoms with Crippen molar-refractivity contribution >= 4 is 14.2 Å². The SMILES string of the molecule is CC(C)Cc1ccc(C(C)C(=O)OCCCCO[PH](=O)O)cc1. The van der Waals surface area contributed by atoms with Gasteiger partial charge in [0.15, 0.2) is 0 Å². The summed E-state index contributed by atoms with van der Waals surface area (Å²) in [7, 11) is -2.86. The fourth-order valence-electron chi connectivity index (χ4n) is 2.21. The molecular weight excluding hydrogens is 315 g/mol. The number of hydrogen-bond acceptors (Lipinski definition) is 4. The van der Waals surface area contributed by atoms with E-state index in [4.69, 9.17) is 9.63 Å². The molecule has 0 aromatic heterocycles. The van der Waals surface area contributed by atoms with E-state index < -0.39 is 8.25 Å². The van der Waals surface area contributed by atoms with Gasteiger partial charge < -0.3 is 14.2 Å². The molecule has 6 heteroatoms. The highest BCUT2D eigenvalue weighted by molar-refractivity contribution is 7.32. The highest BCUT2D eigenvalue weighted by Gasteiger charge is 2.16. The van der Waals surface area contributed by atoms with Crippen molar-refractivity contribution in [2.24, 2.45) is 5.92 Å². The van der Waals surface area contributed by atoms with Crippen LogP contribution in [0, 0.1) is 5.92 Å². The van der Waals surface area contributed by atoms with Gasteiger partial charge in [-0.05, 0) is 43.2 Å². The zero-order valence-electron chi connectivity index (χ0n) is 14.1. The Balaban J connectivity index is 2.34. The highest BCUT2D eigenvalue weighted by atomic mass is 31.1. The molecule has 5 nitrogen and oxygen atoms in total. The van der Waals surface area contributed by atoms with Gasteiger partial charge in [-0.15, -0.1) is 0 Å². The maximum absolute atomic E-state index is 12.0. The van der Waals surface area contributed by atoms with Gasteiger partial charge in [-0.3, -0.25) is 9.36 Å². The average Bonchev–Trinajstić information content (AvgIpc) is 2.49. The van der Waals surface area contributed by atoms with Crippen LogP contribution in [0.1, 0.15) is 50.7 Å². The number of carbonyl (C=O) groups excluding carboxylic acids is 1. The molecule has 0 heterocycles. The van der Waals surface area contributed by atoms with E-state index >= 15 is 0 Å². The lowest BCUT2D eigenvalue weighted by Gasteiger charge is -2.13. The predicted octanol–water partition coefficient (Wildman–Crippen LogP) is 3.71. The third-order valence-corrected chi connectivity index (χ3v) is 3.94. The minimum absolute atomic E-state index is 0.207. The number of benzene rings is 1. The van der Waals surface area contributed by atoms with Gasteiger partial charge in [-0.2, -0.15) is 0 Å². The van der Waals surface area contributed by atoms with E-state index in [2.05, 4.69) is 30.5 Å². The van der Waals surface area contributed by atoms with Crippen molar-refractivity contribution in [1.82, 2.24) is 0 Å². The van der Waals surface area contributed by atoms with Gasteiger partial charge in [0.2, 0.25) is 0 Å². The monoisotopic (exact) mass is 342 g/mol. The summed E-state index contributed by atoms with van der Waals surface area (Å²) >= 11 is 0. The van der Waals surface area contributed by atoms with Crippen LogP contribution < -0.4 is 0 Å². The van der Waals surface area contributed by atoms with Gasteiger partial charge in [-0.1, -0.05) is 38.1 Å². The molecular formula is C17H27O5P. The molecule has 0 aliphatic heterocycles. The van der Waals surface area contributed by atoms with Gasteiger partial charge in [0.25, 0.3) is 0 Å². The molecule has 0 radical (unpaired) electrons. The van der Waals surface area contributed by atoms with Crippen LogP contribution in [0.2, 0.25) is 0 Å². The Kier molecular flexibility index (Phi) is 9.15. The molecule has 23 heavy (non-hydrogen) atoms. The van der Waals surface area contributed by atoms with E-state index in [1.165, 1.54) is 5.56 Å². The molecule has 2 atom stereocenters. The zero-order valence-corrected chi connectivity index (χ0v) is 15.1. The molecule has 0 fully saturated rings. The molecule has 0 bridgehead atoms. The Morgan fingerprint density at radius 1 is 1.13 bits per heavy atom. The Morgan fingerprint density at radius 3 is 2.30 bits per heavy atom. The summed E-state index contributed by atoms with van der Waals surface area (Å²) in [5.41, 5.74) is 2.22. The molecule has 0 aliphatic rings. The van der Waals surface area contributed by atoms with Crippen molar-refractivity contribution in [3.05, 3.63) is 35.4 Å². The first kappa shape index (κ1) is 19.9. The standard InChI is InChI=1S/C17H27O5P/c1-13(2)12-15-6-8-16(9-7-15)14(3)17(18)21-10-4-5-11-22-23(19)20/h6-9,13-14,23H,4-5,10-12H2,1-3H3,(H,19,20). The Bertz CT molecular complexity index is 498. The summed E-state index contributed by atoms with van der Waals surface area (Å²) < 4.78 is 20.1. The van der Waals surface area contributed by atoms with E-state index in [0.717, 1.165) is 12.0 Å². The van der Waals surface area contributed by atoms with Gasteiger partial charge in [0.1, 0.15) is 0 Å². The van der Waals surface area contributed by atoms with Crippen molar-refractivity contribution in [2.45, 2.75) is 46.0 Å². The summed E-state index contributed by atoms with van der Waals surface area (Å²) in [6.45, 7) is 6.69. The van der Waals surface area contributed by atoms with Crippen molar-refractivity contribution < 1.29 is 23.5 Å². The quantitative estimate of drug-likeness (QED) is 0.399. The summed E-state index contributed by atoms with van der Waals surface area (Å²) in [5.74, 6) is 0.0587. The first-order valence-electron chi connectivity index (χ1n) is 8.01. The maximum atomic E-state index is 12.0. The summed E-state index contributed by atoms with van der Waals surface area (Å²) in [4.78, 5) is 20.5. The number of hydrogen-bond donors (Lipinski definition) is 1. The van der Waals surface area contributed by atoms with Crippen LogP contribution in [0.25, 0.3) is 0 Å². The summed E-state index contributed by atoms with van der Waals surface area (Å²) in [6.07, 6.45) is 2.23. The van der Waals surface area contributed by atoms with Crippen molar-refractivity contribution in [3.8, 4) is 0 Å². The van der Waals surface area contributed by atoms with E-state index in [1.807, 2.05) is 19.1 Å². The molecule has 130 valence electrons. The minimum atomic E-state index is -2.86. The van der Waals surface area contributed by atoms with Crippen LogP contribution in [0.5, 0.6) is 0 Å². The Labute approximate surface area is 139 Å². The van der Waals surface area contributed by atoms with E-state index in [1.54, 1.807) is 0 Å². The Hall–Kier alpha value is -1.16. The third kappa shape index (κ3) is 8.31. The van der Waals surface area contributed by atoms with E-state index in [-0.39, 0.29) is 18.5 Å². The molecule has 0 aliphatic carbocycles. The third-order valence-electron chi connectivity index (χ3n) is 3.49. The first-order valence-corrected chi connectivity index (χ1v) is 9.27. The van der Waals surface area contributed by atoms with E-state index in [9.17, 15) is 9.36 Å². The lowest BCUT2D eigenvalue weighted by molar-refractivity contribution is -0.145. The van der Waals surface area contributed by atoms with Gasteiger partial charge in [-0.25, -0.2) is 0 Å². The summed E-state index contributed by atoms with van der Waals surface area (Å²) in [6, 6.07) is 8.09. The minimum Gasteiger partial charge on any atom is -0.465 e. The average molecular weight is 342 g/mol. The van der Waals surface area contributed by atoms with Crippen LogP contribution in [0.3, 0.4) is 0 Å². The van der Waals surface area contributed by atoms with E-state index in [0.29, 0.717) is 25.4 Å². The summed E-state index contributed by atoms with van der Waals surface area (Å²) in [5, 5.41) is 0. The van der Waals surface area contributed by atoms with Crippen molar-refractivity contribution in [1.29, 1.82) is 0 Å². The topological polar surface area (TPSA) is 72.8 Å². The second-order valence-corrected chi connectivity index (χ2v) is 6.87.